The number of carbonyl (C=O) groups is 3. The van der Waals surface area contributed by atoms with Gasteiger partial charge in [-0.15, -0.1) is 0 Å². The Morgan fingerprint density at radius 1 is 0.537 bits per heavy atom. The molecule has 0 aliphatic heterocycles. The summed E-state index contributed by atoms with van der Waals surface area (Å²) in [5, 5.41) is 9.62. The van der Waals surface area contributed by atoms with E-state index in [1.165, 1.54) is 128 Å². The summed E-state index contributed by atoms with van der Waals surface area (Å²) in [6, 6.07) is -0.611. The molecule has 0 aliphatic carbocycles. The predicted octanol–water partition coefficient (Wildman–Crippen LogP) is 12.3. The number of carboxylic acids is 1. The van der Waals surface area contributed by atoms with Gasteiger partial charge >= 0.3 is 17.9 Å². The van der Waals surface area contributed by atoms with E-state index in [1.54, 1.807) is 0 Å². The summed E-state index contributed by atoms with van der Waals surface area (Å²) in [6.07, 6.45) is 39.6. The van der Waals surface area contributed by atoms with Gasteiger partial charge in [-0.25, -0.2) is 4.79 Å². The maximum absolute atomic E-state index is 12.7. The lowest BCUT2D eigenvalue weighted by Crippen LogP contribution is -2.50. The second-order valence-corrected chi connectivity index (χ2v) is 16.7. The van der Waals surface area contributed by atoms with Crippen molar-refractivity contribution >= 4 is 17.9 Å². The molecule has 2 atom stereocenters. The summed E-state index contributed by atoms with van der Waals surface area (Å²) >= 11 is 0. The van der Waals surface area contributed by atoms with Crippen molar-refractivity contribution in [1.29, 1.82) is 0 Å². The number of quaternary nitrogens is 1. The number of aliphatic carboxylic acids is 1. The molecule has 0 aromatic heterocycles. The standard InChI is InChI=1S/C46H87NO7/c1-6-8-10-12-14-16-18-20-22-23-25-27-29-31-33-35-37-45(49)54-42(40-52-39-38-43(46(50)51)47(3,4)5)41-53-44(48)36-34-32-30-28-26-24-21-19-17-15-13-11-9-7-2/h22-23,42-43H,6-21,24-41H2,1-5H3/p+1/b23-22-. The van der Waals surface area contributed by atoms with Crippen LogP contribution in [0.15, 0.2) is 12.2 Å². The number of esters is 2. The van der Waals surface area contributed by atoms with Crippen LogP contribution in [-0.4, -0.2) is 80.6 Å². The SMILES string of the molecule is CCCCCCCCC/C=C\CCCCCCCC(=O)OC(COCCC(C(=O)O)[N+](C)(C)C)COC(=O)CCCCCCCCCCCCCCCC. The number of carboxylic acid groups (broad SMARTS) is 1. The van der Waals surface area contributed by atoms with Crippen molar-refractivity contribution in [2.75, 3.05) is 41.0 Å². The first kappa shape index (κ1) is 52.1. The van der Waals surface area contributed by atoms with Crippen molar-refractivity contribution in [2.45, 2.75) is 225 Å². The Morgan fingerprint density at radius 3 is 1.33 bits per heavy atom. The third-order valence-electron chi connectivity index (χ3n) is 10.4. The quantitative estimate of drug-likeness (QED) is 0.0286. The molecule has 0 aromatic carbocycles. The molecule has 318 valence electrons. The number of allylic oxidation sites excluding steroid dienone is 2. The van der Waals surface area contributed by atoms with Crippen molar-refractivity contribution in [3.63, 3.8) is 0 Å². The van der Waals surface area contributed by atoms with E-state index in [9.17, 15) is 19.5 Å². The zero-order chi connectivity index (χ0) is 40.0. The summed E-state index contributed by atoms with van der Waals surface area (Å²) in [4.78, 5) is 37.0. The zero-order valence-corrected chi connectivity index (χ0v) is 36.2. The molecule has 0 rings (SSSR count). The molecule has 0 amide bonds. The van der Waals surface area contributed by atoms with E-state index in [0.717, 1.165) is 51.4 Å². The van der Waals surface area contributed by atoms with Crippen molar-refractivity contribution < 1.29 is 38.2 Å². The van der Waals surface area contributed by atoms with E-state index in [4.69, 9.17) is 14.2 Å². The van der Waals surface area contributed by atoms with Crippen LogP contribution in [0.2, 0.25) is 0 Å². The van der Waals surface area contributed by atoms with Gasteiger partial charge < -0.3 is 23.8 Å². The third kappa shape index (κ3) is 35.8. The van der Waals surface area contributed by atoms with E-state index in [2.05, 4.69) is 26.0 Å². The maximum atomic E-state index is 12.7. The first-order valence-electron chi connectivity index (χ1n) is 22.7. The van der Waals surface area contributed by atoms with Gasteiger partial charge in [0, 0.05) is 19.3 Å². The lowest BCUT2D eigenvalue weighted by Gasteiger charge is -2.31. The summed E-state index contributed by atoms with van der Waals surface area (Å²) in [6.45, 7) is 4.75. The van der Waals surface area contributed by atoms with Crippen LogP contribution in [0.25, 0.3) is 0 Å². The molecule has 0 aromatic rings. The fourth-order valence-corrected chi connectivity index (χ4v) is 6.85. The molecule has 0 saturated heterocycles. The maximum Gasteiger partial charge on any atom is 0.362 e. The van der Waals surface area contributed by atoms with E-state index < -0.39 is 18.1 Å². The molecule has 1 N–H and O–H groups in total. The van der Waals surface area contributed by atoms with E-state index in [1.807, 2.05) is 21.1 Å². The number of hydrogen-bond acceptors (Lipinski definition) is 6. The monoisotopic (exact) mass is 767 g/mol. The van der Waals surface area contributed by atoms with Gasteiger partial charge in [-0.1, -0.05) is 167 Å². The molecule has 8 nitrogen and oxygen atoms in total. The molecular weight excluding hydrogens is 679 g/mol. The Labute approximate surface area is 333 Å². The number of nitrogens with zero attached hydrogens (tertiary/aromatic N) is 1. The molecule has 54 heavy (non-hydrogen) atoms. The minimum Gasteiger partial charge on any atom is -0.477 e. The van der Waals surface area contributed by atoms with Crippen LogP contribution in [0, 0.1) is 0 Å². The first-order valence-corrected chi connectivity index (χ1v) is 22.7. The molecule has 0 spiro atoms. The van der Waals surface area contributed by atoms with Gasteiger partial charge in [0.05, 0.1) is 34.4 Å². The minimum absolute atomic E-state index is 0.0483. The molecule has 0 bridgehead atoms. The lowest BCUT2D eigenvalue weighted by atomic mass is 10.0. The lowest BCUT2D eigenvalue weighted by molar-refractivity contribution is -0.887. The Bertz CT molecular complexity index is 900. The predicted molar refractivity (Wildman–Crippen MR) is 225 cm³/mol. The first-order chi connectivity index (χ1) is 26.1. The largest absolute Gasteiger partial charge is 0.477 e. The highest BCUT2D eigenvalue weighted by Crippen LogP contribution is 2.15. The summed E-state index contributed by atoms with van der Waals surface area (Å²) in [5.74, 6) is -1.46. The molecule has 0 aliphatic rings. The fourth-order valence-electron chi connectivity index (χ4n) is 6.85. The number of likely N-dealkylation sites (N-methyl/N-ethyl adjacent to an activating group) is 1. The summed E-state index contributed by atoms with van der Waals surface area (Å²) in [7, 11) is 5.53. The highest BCUT2D eigenvalue weighted by atomic mass is 16.6. The molecular formula is C46H88NO7+. The minimum atomic E-state index is -0.873. The van der Waals surface area contributed by atoms with Gasteiger partial charge in [0.1, 0.15) is 6.61 Å². The van der Waals surface area contributed by atoms with Crippen LogP contribution in [0.5, 0.6) is 0 Å². The van der Waals surface area contributed by atoms with Gasteiger partial charge in [0.25, 0.3) is 0 Å². The van der Waals surface area contributed by atoms with Crippen LogP contribution in [0.4, 0.5) is 0 Å². The topological polar surface area (TPSA) is 99.1 Å². The third-order valence-corrected chi connectivity index (χ3v) is 10.4. The number of ether oxygens (including phenoxy) is 3. The average Bonchev–Trinajstić information content (AvgIpc) is 3.12. The van der Waals surface area contributed by atoms with Gasteiger partial charge in [0.2, 0.25) is 0 Å². The van der Waals surface area contributed by atoms with E-state index in [0.29, 0.717) is 19.3 Å². The molecule has 0 heterocycles. The highest BCUT2D eigenvalue weighted by Gasteiger charge is 2.31. The Morgan fingerprint density at radius 2 is 0.926 bits per heavy atom. The second kappa shape index (κ2) is 38.0. The Kier molecular flexibility index (Phi) is 36.6. The molecule has 0 radical (unpaired) electrons. The molecule has 0 saturated carbocycles. The van der Waals surface area contributed by atoms with Crippen LogP contribution in [0.1, 0.15) is 213 Å². The smallest absolute Gasteiger partial charge is 0.362 e. The van der Waals surface area contributed by atoms with Crippen LogP contribution in [0.3, 0.4) is 0 Å². The normalized spacial score (nSPS) is 13.0. The Hall–Kier alpha value is -1.93. The van der Waals surface area contributed by atoms with Crippen molar-refractivity contribution in [3.05, 3.63) is 12.2 Å². The van der Waals surface area contributed by atoms with E-state index in [-0.39, 0.29) is 36.2 Å². The van der Waals surface area contributed by atoms with Crippen molar-refractivity contribution in [1.82, 2.24) is 0 Å². The molecule has 8 heteroatoms. The van der Waals surface area contributed by atoms with Gasteiger partial charge in [-0.05, 0) is 38.5 Å². The van der Waals surface area contributed by atoms with Gasteiger partial charge in [-0.2, -0.15) is 0 Å². The summed E-state index contributed by atoms with van der Waals surface area (Å²) in [5.41, 5.74) is 0. The number of unbranched alkanes of at least 4 members (excludes halogenated alkanes) is 25. The van der Waals surface area contributed by atoms with E-state index >= 15 is 0 Å². The average molecular weight is 767 g/mol. The second-order valence-electron chi connectivity index (χ2n) is 16.7. The van der Waals surface area contributed by atoms with Crippen molar-refractivity contribution in [3.8, 4) is 0 Å². The summed E-state index contributed by atoms with van der Waals surface area (Å²) < 4.78 is 17.3. The zero-order valence-electron chi connectivity index (χ0n) is 36.2. The number of carbonyl (C=O) groups excluding carboxylic acids is 2. The molecule has 2 unspecified atom stereocenters. The van der Waals surface area contributed by atoms with Crippen molar-refractivity contribution in [2.24, 2.45) is 0 Å². The molecule has 0 fully saturated rings. The Balaban J connectivity index is 4.32. The van der Waals surface area contributed by atoms with Crippen LogP contribution < -0.4 is 0 Å². The van der Waals surface area contributed by atoms with Crippen LogP contribution >= 0.6 is 0 Å². The highest BCUT2D eigenvalue weighted by molar-refractivity contribution is 5.72. The van der Waals surface area contributed by atoms with Gasteiger partial charge in [0.15, 0.2) is 12.1 Å². The van der Waals surface area contributed by atoms with Gasteiger partial charge in [-0.3, -0.25) is 9.59 Å². The number of hydrogen-bond donors (Lipinski definition) is 1. The fraction of sp³-hybridized carbons (Fsp3) is 0.891. The van der Waals surface area contributed by atoms with Crippen LogP contribution in [-0.2, 0) is 28.6 Å². The number of rotatable bonds is 41.